The Morgan fingerprint density at radius 1 is 1.12 bits per heavy atom. The lowest BCUT2D eigenvalue weighted by Crippen LogP contribution is -2.19. The van der Waals surface area contributed by atoms with E-state index in [1.165, 1.54) is 25.3 Å². The standard InChI is InChI=1S/C23H18F3N3O4/c1-32-23(31)16-7-4-13(10-19(16)27-11-12-2-5-15(24)6-3-12)21-28-22(33-29-21)14-8-17(25)20(30)18(26)9-14/h2-10,22,27,30H,11H2,1H3,(H,28,29). The van der Waals surface area contributed by atoms with Crippen LogP contribution in [0.2, 0.25) is 0 Å². The zero-order chi connectivity index (χ0) is 23.5. The number of nitrogens with one attached hydrogen (secondary N) is 2. The molecule has 0 bridgehead atoms. The van der Waals surface area contributed by atoms with Crippen LogP contribution in [0.15, 0.2) is 59.6 Å². The summed E-state index contributed by atoms with van der Waals surface area (Å²) in [6, 6.07) is 12.5. The monoisotopic (exact) mass is 457 g/mol. The van der Waals surface area contributed by atoms with E-state index in [9.17, 15) is 23.1 Å². The molecule has 0 fully saturated rings. The Bertz CT molecular complexity index is 1210. The zero-order valence-electron chi connectivity index (χ0n) is 17.2. The summed E-state index contributed by atoms with van der Waals surface area (Å²) in [6.07, 6.45) is -1.06. The number of phenolic OH excluding ortho intramolecular Hbond substituents is 1. The number of hydrogen-bond donors (Lipinski definition) is 3. The van der Waals surface area contributed by atoms with Crippen LogP contribution in [0.5, 0.6) is 5.75 Å². The number of halogens is 3. The first-order valence-corrected chi connectivity index (χ1v) is 9.74. The van der Waals surface area contributed by atoms with Gasteiger partial charge in [-0.1, -0.05) is 18.2 Å². The Morgan fingerprint density at radius 2 is 1.82 bits per heavy atom. The van der Waals surface area contributed by atoms with Crippen molar-refractivity contribution in [1.82, 2.24) is 5.48 Å². The number of carbonyl (C=O) groups excluding carboxylic acids is 1. The van der Waals surface area contributed by atoms with E-state index in [0.29, 0.717) is 17.8 Å². The van der Waals surface area contributed by atoms with Crippen LogP contribution in [0.25, 0.3) is 0 Å². The highest BCUT2D eigenvalue weighted by Crippen LogP contribution is 2.30. The molecule has 0 aromatic heterocycles. The summed E-state index contributed by atoms with van der Waals surface area (Å²) in [4.78, 5) is 21.8. The van der Waals surface area contributed by atoms with E-state index in [4.69, 9.17) is 9.57 Å². The molecule has 0 aliphatic carbocycles. The van der Waals surface area contributed by atoms with Crippen LogP contribution in [0.4, 0.5) is 18.9 Å². The van der Waals surface area contributed by atoms with Crippen molar-refractivity contribution in [3.8, 4) is 5.75 Å². The van der Waals surface area contributed by atoms with Crippen molar-refractivity contribution in [2.45, 2.75) is 12.8 Å². The van der Waals surface area contributed by atoms with Gasteiger partial charge < -0.3 is 15.2 Å². The Morgan fingerprint density at radius 3 is 2.48 bits per heavy atom. The molecule has 3 aromatic carbocycles. The lowest BCUT2D eigenvalue weighted by Gasteiger charge is -2.13. The van der Waals surface area contributed by atoms with Gasteiger partial charge in [-0.25, -0.2) is 33.3 Å². The van der Waals surface area contributed by atoms with Crippen molar-refractivity contribution >= 4 is 17.5 Å². The zero-order valence-corrected chi connectivity index (χ0v) is 17.2. The molecule has 0 saturated heterocycles. The average Bonchev–Trinajstić information content (AvgIpc) is 3.31. The maximum Gasteiger partial charge on any atom is 0.339 e. The van der Waals surface area contributed by atoms with Crippen molar-refractivity contribution in [3.63, 3.8) is 0 Å². The summed E-state index contributed by atoms with van der Waals surface area (Å²) in [6.45, 7) is 0.304. The van der Waals surface area contributed by atoms with E-state index in [1.54, 1.807) is 24.3 Å². The van der Waals surface area contributed by atoms with E-state index < -0.39 is 29.6 Å². The molecular formula is C23H18F3N3O4. The van der Waals surface area contributed by atoms with Gasteiger partial charge in [0.25, 0.3) is 0 Å². The molecule has 4 rings (SSSR count). The molecule has 1 aliphatic heterocycles. The van der Waals surface area contributed by atoms with Crippen molar-refractivity contribution in [2.75, 3.05) is 12.4 Å². The normalized spacial score (nSPS) is 15.0. The molecule has 3 aromatic rings. The number of hydroxylamine groups is 1. The molecule has 1 unspecified atom stereocenters. The fraction of sp³-hybridized carbons (Fsp3) is 0.130. The maximum atomic E-state index is 13.7. The predicted molar refractivity (Wildman–Crippen MR) is 113 cm³/mol. The van der Waals surface area contributed by atoms with Crippen molar-refractivity contribution in [2.24, 2.45) is 4.99 Å². The number of carbonyl (C=O) groups is 1. The average molecular weight is 457 g/mol. The number of rotatable bonds is 6. The molecule has 3 N–H and O–H groups in total. The van der Waals surface area contributed by atoms with Gasteiger partial charge in [0.1, 0.15) is 5.82 Å². The first kappa shape index (κ1) is 22.2. The Kier molecular flexibility index (Phi) is 6.18. The van der Waals surface area contributed by atoms with Crippen LogP contribution in [0.3, 0.4) is 0 Å². The highest BCUT2D eigenvalue weighted by molar-refractivity contribution is 6.02. The largest absolute Gasteiger partial charge is 0.503 e. The van der Waals surface area contributed by atoms with E-state index in [-0.39, 0.29) is 22.8 Å². The number of nitrogens with zero attached hydrogens (tertiary/aromatic N) is 1. The van der Waals surface area contributed by atoms with Crippen LogP contribution in [-0.4, -0.2) is 24.0 Å². The van der Waals surface area contributed by atoms with Crippen molar-refractivity contribution in [1.29, 1.82) is 0 Å². The molecule has 1 atom stereocenters. The number of aromatic hydroxyl groups is 1. The van der Waals surface area contributed by atoms with Crippen molar-refractivity contribution in [3.05, 3.63) is 94.3 Å². The van der Waals surface area contributed by atoms with Crippen LogP contribution in [0.1, 0.15) is 33.3 Å². The molecule has 33 heavy (non-hydrogen) atoms. The SMILES string of the molecule is COC(=O)c1ccc(C2=NC(c3cc(F)c(O)c(F)c3)ON2)cc1NCc1ccc(F)cc1. The predicted octanol–water partition coefficient (Wildman–Crippen LogP) is 4.19. The highest BCUT2D eigenvalue weighted by Gasteiger charge is 2.24. The molecular weight excluding hydrogens is 439 g/mol. The summed E-state index contributed by atoms with van der Waals surface area (Å²) in [5, 5.41) is 12.4. The van der Waals surface area contributed by atoms with Gasteiger partial charge in [0.15, 0.2) is 23.2 Å². The number of methoxy groups -OCH3 is 1. The number of anilines is 1. The fourth-order valence-corrected chi connectivity index (χ4v) is 3.21. The maximum absolute atomic E-state index is 13.7. The minimum absolute atomic E-state index is 0.0612. The molecule has 0 saturated carbocycles. The lowest BCUT2D eigenvalue weighted by atomic mass is 10.1. The third-order valence-electron chi connectivity index (χ3n) is 4.93. The van der Waals surface area contributed by atoms with Gasteiger partial charge in [-0.15, -0.1) is 0 Å². The quantitative estimate of drug-likeness (QED) is 0.481. The number of benzene rings is 3. The molecule has 7 nitrogen and oxygen atoms in total. The van der Waals surface area contributed by atoms with E-state index in [0.717, 1.165) is 17.7 Å². The van der Waals surface area contributed by atoms with E-state index in [1.807, 2.05) is 0 Å². The molecule has 0 radical (unpaired) electrons. The first-order chi connectivity index (χ1) is 15.9. The second-order valence-corrected chi connectivity index (χ2v) is 7.12. The van der Waals surface area contributed by atoms with Gasteiger partial charge in [-0.3, -0.25) is 0 Å². The molecule has 10 heteroatoms. The van der Waals surface area contributed by atoms with E-state index in [2.05, 4.69) is 15.8 Å². The minimum atomic E-state index is -1.13. The van der Waals surface area contributed by atoms with Gasteiger partial charge in [0.05, 0.1) is 12.7 Å². The third-order valence-corrected chi connectivity index (χ3v) is 4.93. The van der Waals surface area contributed by atoms with Gasteiger partial charge in [0, 0.05) is 23.4 Å². The minimum Gasteiger partial charge on any atom is -0.503 e. The third kappa shape index (κ3) is 4.75. The van der Waals surface area contributed by atoms with Crippen LogP contribution < -0.4 is 10.8 Å². The smallest absolute Gasteiger partial charge is 0.339 e. The second-order valence-electron chi connectivity index (χ2n) is 7.12. The first-order valence-electron chi connectivity index (χ1n) is 9.74. The summed E-state index contributed by atoms with van der Waals surface area (Å²) in [5.74, 6) is -4.00. The Hall–Kier alpha value is -4.05. The lowest BCUT2D eigenvalue weighted by molar-refractivity contribution is 0.0372. The van der Waals surface area contributed by atoms with Crippen LogP contribution in [0, 0.1) is 17.5 Å². The van der Waals surface area contributed by atoms with E-state index >= 15 is 0 Å². The highest BCUT2D eigenvalue weighted by atomic mass is 19.1. The fourth-order valence-electron chi connectivity index (χ4n) is 3.21. The Labute approximate surface area is 186 Å². The molecule has 170 valence electrons. The second kappa shape index (κ2) is 9.21. The number of phenols is 1. The molecule has 0 amide bonds. The molecule has 1 heterocycles. The number of hydrogen-bond acceptors (Lipinski definition) is 7. The van der Waals surface area contributed by atoms with Gasteiger partial charge in [0.2, 0.25) is 6.23 Å². The van der Waals surface area contributed by atoms with Crippen molar-refractivity contribution < 1.29 is 32.6 Å². The summed E-state index contributed by atoms with van der Waals surface area (Å²) < 4.78 is 45.3. The summed E-state index contributed by atoms with van der Waals surface area (Å²) in [5.41, 5.74) is 4.66. The number of aliphatic imine (C=N–C) groups is 1. The summed E-state index contributed by atoms with van der Waals surface area (Å²) in [7, 11) is 1.26. The Balaban J connectivity index is 1.61. The number of ether oxygens (including phenoxy) is 1. The summed E-state index contributed by atoms with van der Waals surface area (Å²) >= 11 is 0. The number of amidine groups is 1. The topological polar surface area (TPSA) is 92.2 Å². The van der Waals surface area contributed by atoms with Gasteiger partial charge in [-0.05, 0) is 42.0 Å². The van der Waals surface area contributed by atoms with Gasteiger partial charge in [-0.2, -0.15) is 0 Å². The van der Waals surface area contributed by atoms with Gasteiger partial charge >= 0.3 is 5.97 Å². The molecule has 1 aliphatic rings. The van der Waals surface area contributed by atoms with Crippen LogP contribution in [-0.2, 0) is 16.1 Å². The molecule has 0 spiro atoms. The van der Waals surface area contributed by atoms with Crippen LogP contribution >= 0.6 is 0 Å². The number of esters is 1.